The van der Waals surface area contributed by atoms with Gasteiger partial charge in [-0.15, -0.1) is 0 Å². The maximum Gasteiger partial charge on any atom is 0.0633 e. The van der Waals surface area contributed by atoms with Crippen LogP contribution in [0.15, 0.2) is 18.5 Å². The van der Waals surface area contributed by atoms with Crippen molar-refractivity contribution in [2.75, 3.05) is 13.2 Å². The molecule has 1 heterocycles. The van der Waals surface area contributed by atoms with E-state index in [2.05, 4.69) is 23.0 Å². The van der Waals surface area contributed by atoms with E-state index in [0.717, 1.165) is 12.1 Å². The number of aliphatic hydroxyl groups is 2. The number of hydrogen-bond acceptors (Lipinski definition) is 3. The highest BCUT2D eigenvalue weighted by Gasteiger charge is 2.20. The van der Waals surface area contributed by atoms with E-state index in [1.165, 1.54) is 0 Å². The molecule has 0 atom stereocenters. The van der Waals surface area contributed by atoms with Gasteiger partial charge < -0.3 is 20.1 Å². The third kappa shape index (κ3) is 3.34. The van der Waals surface area contributed by atoms with Crippen molar-refractivity contribution in [3.8, 4) is 0 Å². The van der Waals surface area contributed by atoms with Gasteiger partial charge in [0.25, 0.3) is 0 Å². The lowest BCUT2D eigenvalue weighted by atomic mass is 10.1. The largest absolute Gasteiger partial charge is 0.394 e. The highest BCUT2D eigenvalue weighted by Crippen LogP contribution is 2.05. The summed E-state index contributed by atoms with van der Waals surface area (Å²) in [6.45, 7) is 5.35. The average molecular weight is 212 g/mol. The first kappa shape index (κ1) is 12.2. The first-order chi connectivity index (χ1) is 7.13. The zero-order chi connectivity index (χ0) is 11.3. The van der Waals surface area contributed by atoms with E-state index in [-0.39, 0.29) is 13.2 Å². The van der Waals surface area contributed by atoms with Crippen LogP contribution in [-0.2, 0) is 13.1 Å². The van der Waals surface area contributed by atoms with E-state index in [1.54, 1.807) is 6.92 Å². The summed E-state index contributed by atoms with van der Waals surface area (Å²) in [4.78, 5) is 0. The number of rotatable bonds is 6. The van der Waals surface area contributed by atoms with Crippen molar-refractivity contribution in [3.05, 3.63) is 24.0 Å². The van der Waals surface area contributed by atoms with Gasteiger partial charge in [-0.2, -0.15) is 0 Å². The normalized spacial score (nSPS) is 12.0. The van der Waals surface area contributed by atoms with Crippen LogP contribution in [0.2, 0.25) is 0 Å². The Bertz CT molecular complexity index is 293. The molecular formula is C11H20N2O2. The Morgan fingerprint density at radius 2 is 2.07 bits per heavy atom. The van der Waals surface area contributed by atoms with Crippen molar-refractivity contribution < 1.29 is 10.2 Å². The van der Waals surface area contributed by atoms with Crippen LogP contribution in [0.5, 0.6) is 0 Å². The molecule has 0 saturated heterocycles. The third-order valence-corrected chi connectivity index (χ3v) is 2.59. The molecule has 1 rings (SSSR count). The topological polar surface area (TPSA) is 57.4 Å². The zero-order valence-electron chi connectivity index (χ0n) is 9.40. The second-order valence-electron chi connectivity index (χ2n) is 4.08. The standard InChI is InChI=1S/C11H20N2O2/c1-3-13-5-4-10(7-13)6-12-11(2,8-14)9-15/h4-5,7,12,14-15H,3,6,8-9H2,1-2H3. The minimum Gasteiger partial charge on any atom is -0.394 e. The Hall–Kier alpha value is -0.840. The number of nitrogens with zero attached hydrogens (tertiary/aromatic N) is 1. The van der Waals surface area contributed by atoms with Crippen molar-refractivity contribution in [1.29, 1.82) is 0 Å². The number of hydrogen-bond donors (Lipinski definition) is 3. The van der Waals surface area contributed by atoms with Gasteiger partial charge in [0.05, 0.1) is 18.8 Å². The summed E-state index contributed by atoms with van der Waals surface area (Å²) in [6, 6.07) is 2.03. The van der Waals surface area contributed by atoms with E-state index in [0.29, 0.717) is 6.54 Å². The zero-order valence-corrected chi connectivity index (χ0v) is 9.40. The summed E-state index contributed by atoms with van der Waals surface area (Å²) in [5, 5.41) is 21.3. The van der Waals surface area contributed by atoms with E-state index in [1.807, 2.05) is 12.3 Å². The number of aryl methyl sites for hydroxylation is 1. The van der Waals surface area contributed by atoms with Crippen molar-refractivity contribution in [2.45, 2.75) is 32.5 Å². The van der Waals surface area contributed by atoms with Crippen molar-refractivity contribution >= 4 is 0 Å². The van der Waals surface area contributed by atoms with Crippen LogP contribution in [0.1, 0.15) is 19.4 Å². The first-order valence-corrected chi connectivity index (χ1v) is 5.25. The van der Waals surface area contributed by atoms with E-state index >= 15 is 0 Å². The summed E-state index contributed by atoms with van der Waals surface area (Å²) in [7, 11) is 0. The van der Waals surface area contributed by atoms with Crippen LogP contribution in [0.25, 0.3) is 0 Å². The highest BCUT2D eigenvalue weighted by atomic mass is 16.3. The Morgan fingerprint density at radius 3 is 2.53 bits per heavy atom. The minimum atomic E-state index is -0.603. The molecule has 0 saturated carbocycles. The molecule has 0 unspecified atom stereocenters. The fraction of sp³-hybridized carbons (Fsp3) is 0.636. The molecule has 1 aromatic heterocycles. The molecule has 0 fully saturated rings. The number of aromatic nitrogens is 1. The van der Waals surface area contributed by atoms with Gasteiger partial charge >= 0.3 is 0 Å². The van der Waals surface area contributed by atoms with Gasteiger partial charge in [0.1, 0.15) is 0 Å². The number of aliphatic hydroxyl groups excluding tert-OH is 2. The van der Waals surface area contributed by atoms with E-state index < -0.39 is 5.54 Å². The van der Waals surface area contributed by atoms with Crippen LogP contribution >= 0.6 is 0 Å². The Labute approximate surface area is 90.5 Å². The Kier molecular flexibility index (Phi) is 4.32. The predicted octanol–water partition coefficient (Wildman–Crippen LogP) is 0.341. The molecule has 4 heteroatoms. The summed E-state index contributed by atoms with van der Waals surface area (Å²) in [5.74, 6) is 0. The van der Waals surface area contributed by atoms with Gasteiger partial charge in [0.2, 0.25) is 0 Å². The predicted molar refractivity (Wildman–Crippen MR) is 59.5 cm³/mol. The highest BCUT2D eigenvalue weighted by molar-refractivity contribution is 5.10. The Morgan fingerprint density at radius 1 is 1.40 bits per heavy atom. The molecule has 0 aliphatic rings. The van der Waals surface area contributed by atoms with Crippen molar-refractivity contribution in [1.82, 2.24) is 9.88 Å². The molecule has 0 spiro atoms. The lowest BCUT2D eigenvalue weighted by molar-refractivity contribution is 0.103. The Balaban J connectivity index is 2.49. The third-order valence-electron chi connectivity index (χ3n) is 2.59. The fourth-order valence-corrected chi connectivity index (χ4v) is 1.27. The van der Waals surface area contributed by atoms with Gasteiger partial charge in [-0.3, -0.25) is 0 Å². The van der Waals surface area contributed by atoms with Crippen LogP contribution in [0.3, 0.4) is 0 Å². The lowest BCUT2D eigenvalue weighted by Crippen LogP contribution is -2.48. The van der Waals surface area contributed by atoms with Gasteiger partial charge in [-0.1, -0.05) is 0 Å². The monoisotopic (exact) mass is 212 g/mol. The van der Waals surface area contributed by atoms with Crippen LogP contribution in [0, 0.1) is 0 Å². The molecule has 86 valence electrons. The molecule has 0 amide bonds. The quantitative estimate of drug-likeness (QED) is 0.637. The second kappa shape index (κ2) is 5.30. The van der Waals surface area contributed by atoms with Gasteiger partial charge in [0.15, 0.2) is 0 Å². The fourth-order valence-electron chi connectivity index (χ4n) is 1.27. The van der Waals surface area contributed by atoms with E-state index in [9.17, 15) is 0 Å². The summed E-state index contributed by atoms with van der Waals surface area (Å²) in [5.41, 5.74) is 0.555. The molecule has 0 bridgehead atoms. The maximum atomic E-state index is 9.09. The maximum absolute atomic E-state index is 9.09. The van der Waals surface area contributed by atoms with E-state index in [4.69, 9.17) is 10.2 Å². The summed E-state index contributed by atoms with van der Waals surface area (Å²) in [6.07, 6.45) is 4.08. The molecule has 0 aromatic carbocycles. The molecule has 4 nitrogen and oxygen atoms in total. The molecule has 0 radical (unpaired) electrons. The molecule has 1 aromatic rings. The van der Waals surface area contributed by atoms with Crippen LogP contribution in [0.4, 0.5) is 0 Å². The molecule has 0 aliphatic heterocycles. The lowest BCUT2D eigenvalue weighted by Gasteiger charge is -2.26. The molecule has 15 heavy (non-hydrogen) atoms. The minimum absolute atomic E-state index is 0.0714. The second-order valence-corrected chi connectivity index (χ2v) is 4.08. The average Bonchev–Trinajstić information content (AvgIpc) is 2.74. The number of nitrogens with one attached hydrogen (secondary N) is 1. The first-order valence-electron chi connectivity index (χ1n) is 5.25. The van der Waals surface area contributed by atoms with Gasteiger partial charge in [-0.05, 0) is 25.5 Å². The van der Waals surface area contributed by atoms with Crippen molar-refractivity contribution in [3.63, 3.8) is 0 Å². The van der Waals surface area contributed by atoms with Gasteiger partial charge in [-0.25, -0.2) is 0 Å². The van der Waals surface area contributed by atoms with Crippen LogP contribution in [-0.4, -0.2) is 33.5 Å². The summed E-state index contributed by atoms with van der Waals surface area (Å²) >= 11 is 0. The van der Waals surface area contributed by atoms with Crippen molar-refractivity contribution in [2.24, 2.45) is 0 Å². The smallest absolute Gasteiger partial charge is 0.0633 e. The molecule has 0 aliphatic carbocycles. The molecular weight excluding hydrogens is 192 g/mol. The summed E-state index contributed by atoms with van der Waals surface area (Å²) < 4.78 is 2.09. The van der Waals surface area contributed by atoms with Gasteiger partial charge in [0, 0.05) is 25.5 Å². The molecule has 3 N–H and O–H groups in total. The van der Waals surface area contributed by atoms with Crippen LogP contribution < -0.4 is 5.32 Å². The SMILES string of the molecule is CCn1ccc(CNC(C)(CO)CO)c1.